The number of nitrogens with zero attached hydrogens (tertiary/aromatic N) is 3. The van der Waals surface area contributed by atoms with E-state index in [1.165, 1.54) is 0 Å². The molecule has 0 aliphatic rings. The van der Waals surface area contributed by atoms with Gasteiger partial charge in [0, 0.05) is 26.3 Å². The Morgan fingerprint density at radius 1 is 1.40 bits per heavy atom. The fourth-order valence-corrected chi connectivity index (χ4v) is 1.92. The van der Waals surface area contributed by atoms with Crippen molar-refractivity contribution in [2.45, 2.75) is 19.8 Å². The van der Waals surface area contributed by atoms with Gasteiger partial charge < -0.3 is 14.9 Å². The van der Waals surface area contributed by atoms with Gasteiger partial charge in [0.15, 0.2) is 0 Å². The van der Waals surface area contributed by atoms with Crippen LogP contribution in [0.15, 0.2) is 18.3 Å². The van der Waals surface area contributed by atoms with Crippen LogP contribution in [0.25, 0.3) is 0 Å². The second kappa shape index (κ2) is 8.76. The molecule has 0 saturated heterocycles. The molecular weight excluding hydrogens is 278 g/mol. The number of amides is 1. The van der Waals surface area contributed by atoms with E-state index in [0.29, 0.717) is 23.9 Å². The monoisotopic (exact) mass is 299 g/mol. The summed E-state index contributed by atoms with van der Waals surface area (Å²) in [6, 6.07) is 3.52. The molecule has 0 radical (unpaired) electrons. The van der Waals surface area contributed by atoms with Crippen molar-refractivity contribution in [2.75, 3.05) is 38.2 Å². The molecule has 112 valence electrons. The molecule has 1 N–H and O–H groups in total. The highest BCUT2D eigenvalue weighted by atomic mass is 35.5. The minimum absolute atomic E-state index is 0.00764. The van der Waals surface area contributed by atoms with Crippen molar-refractivity contribution >= 4 is 23.3 Å². The number of unbranched alkanes of at least 4 members (excludes halogenated alkanes) is 1. The van der Waals surface area contributed by atoms with Gasteiger partial charge in [-0.1, -0.05) is 24.9 Å². The second-order valence-electron chi connectivity index (χ2n) is 4.65. The van der Waals surface area contributed by atoms with E-state index in [-0.39, 0.29) is 19.1 Å². The number of halogens is 1. The smallest absolute Gasteiger partial charge is 0.242 e. The van der Waals surface area contributed by atoms with Crippen LogP contribution < -0.4 is 4.90 Å². The number of carbonyl (C=O) groups is 1. The van der Waals surface area contributed by atoms with E-state index in [2.05, 4.69) is 11.9 Å². The Kier molecular flexibility index (Phi) is 7.33. The van der Waals surface area contributed by atoms with Crippen LogP contribution >= 0.6 is 11.6 Å². The van der Waals surface area contributed by atoms with Crippen LogP contribution in [0.1, 0.15) is 19.8 Å². The number of pyridine rings is 1. The summed E-state index contributed by atoms with van der Waals surface area (Å²) >= 11 is 5.79. The van der Waals surface area contributed by atoms with Gasteiger partial charge in [-0.2, -0.15) is 0 Å². The van der Waals surface area contributed by atoms with E-state index in [1.54, 1.807) is 28.1 Å². The summed E-state index contributed by atoms with van der Waals surface area (Å²) in [5, 5.41) is 9.60. The van der Waals surface area contributed by atoms with Gasteiger partial charge in [-0.05, 0) is 18.6 Å². The lowest BCUT2D eigenvalue weighted by Crippen LogP contribution is -2.41. The molecule has 0 aliphatic carbocycles. The van der Waals surface area contributed by atoms with Crippen molar-refractivity contribution in [3.8, 4) is 0 Å². The average Bonchev–Trinajstić information content (AvgIpc) is 2.43. The highest BCUT2D eigenvalue weighted by molar-refractivity contribution is 6.30. The van der Waals surface area contributed by atoms with Gasteiger partial charge >= 0.3 is 0 Å². The van der Waals surface area contributed by atoms with E-state index in [1.807, 2.05) is 7.05 Å². The predicted octanol–water partition coefficient (Wildman–Crippen LogP) is 1.79. The molecule has 20 heavy (non-hydrogen) atoms. The zero-order valence-electron chi connectivity index (χ0n) is 12.0. The summed E-state index contributed by atoms with van der Waals surface area (Å²) in [5.41, 5.74) is 0. The summed E-state index contributed by atoms with van der Waals surface area (Å²) in [7, 11) is 1.81. The average molecular weight is 300 g/mol. The number of likely N-dealkylation sites (N-methyl/N-ethyl adjacent to an activating group) is 1. The van der Waals surface area contributed by atoms with Gasteiger partial charge in [-0.3, -0.25) is 4.79 Å². The van der Waals surface area contributed by atoms with E-state index in [9.17, 15) is 4.79 Å². The molecule has 0 fully saturated rings. The zero-order chi connectivity index (χ0) is 15.0. The molecular formula is C14H22ClN3O2. The molecule has 0 spiro atoms. The third-order valence-corrected chi connectivity index (χ3v) is 3.20. The van der Waals surface area contributed by atoms with E-state index < -0.39 is 0 Å². The topological polar surface area (TPSA) is 56.7 Å². The number of hydrogen-bond acceptors (Lipinski definition) is 4. The van der Waals surface area contributed by atoms with E-state index >= 15 is 0 Å². The number of aliphatic hydroxyl groups is 1. The molecule has 1 rings (SSSR count). The lowest BCUT2D eigenvalue weighted by Gasteiger charge is -2.25. The maximum absolute atomic E-state index is 12.2. The molecule has 0 aromatic carbocycles. The van der Waals surface area contributed by atoms with Crippen molar-refractivity contribution in [1.82, 2.24) is 9.88 Å². The Labute approximate surface area is 125 Å². The number of aliphatic hydroxyl groups excluding tert-OH is 1. The minimum atomic E-state index is -0.0155. The Hall–Kier alpha value is -1.33. The number of aromatic nitrogens is 1. The first kappa shape index (κ1) is 16.7. The Morgan fingerprint density at radius 3 is 2.70 bits per heavy atom. The number of carbonyl (C=O) groups excluding carboxylic acids is 1. The Bertz CT molecular complexity index is 411. The van der Waals surface area contributed by atoms with Crippen molar-refractivity contribution in [3.63, 3.8) is 0 Å². The third kappa shape index (κ3) is 5.35. The largest absolute Gasteiger partial charge is 0.395 e. The molecule has 1 heterocycles. The van der Waals surface area contributed by atoms with Crippen LogP contribution in [0, 0.1) is 0 Å². The van der Waals surface area contributed by atoms with Crippen molar-refractivity contribution < 1.29 is 9.90 Å². The van der Waals surface area contributed by atoms with Crippen molar-refractivity contribution in [3.05, 3.63) is 23.4 Å². The maximum atomic E-state index is 12.2. The Balaban J connectivity index is 2.59. The van der Waals surface area contributed by atoms with E-state index in [4.69, 9.17) is 16.7 Å². The van der Waals surface area contributed by atoms with Gasteiger partial charge in [0.05, 0.1) is 18.2 Å². The normalized spacial score (nSPS) is 10.4. The predicted molar refractivity (Wildman–Crippen MR) is 81.1 cm³/mol. The number of anilines is 1. The quantitative estimate of drug-likeness (QED) is 0.795. The van der Waals surface area contributed by atoms with Crippen LogP contribution in [0.2, 0.25) is 5.02 Å². The molecule has 1 aromatic rings. The Morgan fingerprint density at radius 2 is 2.15 bits per heavy atom. The van der Waals surface area contributed by atoms with Crippen LogP contribution in [0.4, 0.5) is 5.82 Å². The molecule has 1 amide bonds. The molecule has 5 nitrogen and oxygen atoms in total. The fraction of sp³-hybridized carbons (Fsp3) is 0.571. The van der Waals surface area contributed by atoms with Crippen LogP contribution in [0.5, 0.6) is 0 Å². The number of rotatable bonds is 8. The first-order chi connectivity index (χ1) is 9.58. The molecule has 1 aromatic heterocycles. The summed E-state index contributed by atoms with van der Waals surface area (Å²) in [4.78, 5) is 19.8. The van der Waals surface area contributed by atoms with Gasteiger partial charge in [0.2, 0.25) is 5.91 Å². The molecule has 0 atom stereocenters. The van der Waals surface area contributed by atoms with Gasteiger partial charge in [0.25, 0.3) is 0 Å². The molecule has 0 unspecified atom stereocenters. The summed E-state index contributed by atoms with van der Waals surface area (Å²) < 4.78 is 0. The van der Waals surface area contributed by atoms with Crippen molar-refractivity contribution in [2.24, 2.45) is 0 Å². The summed E-state index contributed by atoms with van der Waals surface area (Å²) in [6.45, 7) is 3.35. The van der Waals surface area contributed by atoms with Gasteiger partial charge in [0.1, 0.15) is 5.82 Å². The number of hydrogen-bond donors (Lipinski definition) is 1. The van der Waals surface area contributed by atoms with Gasteiger partial charge in [-0.25, -0.2) is 4.98 Å². The summed E-state index contributed by atoms with van der Waals surface area (Å²) in [6.07, 6.45) is 3.51. The van der Waals surface area contributed by atoms with Crippen LogP contribution in [0.3, 0.4) is 0 Å². The molecule has 6 heteroatoms. The van der Waals surface area contributed by atoms with E-state index in [0.717, 1.165) is 12.8 Å². The first-order valence-corrected chi connectivity index (χ1v) is 7.17. The highest BCUT2D eigenvalue weighted by Crippen LogP contribution is 2.13. The standard InChI is InChI=1S/C14H22ClN3O2/c1-3-4-7-18(8-9-19)14(20)11-17(2)13-6-5-12(15)10-16-13/h5-6,10,19H,3-4,7-9,11H2,1-2H3. The molecule has 0 bridgehead atoms. The minimum Gasteiger partial charge on any atom is -0.395 e. The first-order valence-electron chi connectivity index (χ1n) is 6.79. The van der Waals surface area contributed by atoms with Gasteiger partial charge in [-0.15, -0.1) is 0 Å². The fourth-order valence-electron chi connectivity index (χ4n) is 1.81. The molecule has 0 saturated carbocycles. The summed E-state index contributed by atoms with van der Waals surface area (Å²) in [5.74, 6) is 0.689. The second-order valence-corrected chi connectivity index (χ2v) is 5.09. The van der Waals surface area contributed by atoms with Crippen LogP contribution in [-0.2, 0) is 4.79 Å². The SMILES string of the molecule is CCCCN(CCO)C(=O)CN(C)c1ccc(Cl)cn1. The van der Waals surface area contributed by atoms with Crippen LogP contribution in [-0.4, -0.2) is 54.2 Å². The molecule has 0 aliphatic heterocycles. The zero-order valence-corrected chi connectivity index (χ0v) is 12.8. The van der Waals surface area contributed by atoms with Crippen molar-refractivity contribution in [1.29, 1.82) is 0 Å². The highest BCUT2D eigenvalue weighted by Gasteiger charge is 2.15. The third-order valence-electron chi connectivity index (χ3n) is 2.98. The lowest BCUT2D eigenvalue weighted by atomic mass is 10.3. The lowest BCUT2D eigenvalue weighted by molar-refractivity contribution is -0.130. The maximum Gasteiger partial charge on any atom is 0.242 e.